The van der Waals surface area contributed by atoms with Gasteiger partial charge in [-0.25, -0.2) is 26.7 Å². The van der Waals surface area contributed by atoms with Crippen LogP contribution >= 0.6 is 0 Å². The average molecular weight is 474 g/mol. The van der Waals surface area contributed by atoms with Crippen LogP contribution in [0, 0.1) is 5.92 Å². The van der Waals surface area contributed by atoms with E-state index in [4.69, 9.17) is 16.6 Å². The molecule has 15 heteroatoms. The fourth-order valence-electron chi connectivity index (χ4n) is 3.59. The van der Waals surface area contributed by atoms with Crippen LogP contribution in [-0.4, -0.2) is 70.2 Å². The van der Waals surface area contributed by atoms with Gasteiger partial charge in [-0.2, -0.15) is 5.21 Å². The Labute approximate surface area is 180 Å². The van der Waals surface area contributed by atoms with Crippen molar-refractivity contribution in [2.75, 3.05) is 37.6 Å². The molecule has 1 saturated heterocycles. The van der Waals surface area contributed by atoms with Gasteiger partial charge in [-0.05, 0) is 55.6 Å². The Morgan fingerprint density at radius 3 is 2.42 bits per heavy atom. The van der Waals surface area contributed by atoms with E-state index in [1.54, 1.807) is 6.07 Å². The molecule has 1 aromatic heterocycles. The molecule has 1 aliphatic rings. The SMILES string of the molecule is NCCCNS(=O)(=O)c1ccc(N2CCC(CN)CC2)c(-c2nn[nH]n2)c1S(N)(=O)=O. The van der Waals surface area contributed by atoms with Crippen LogP contribution in [0.2, 0.25) is 0 Å². The van der Waals surface area contributed by atoms with Gasteiger partial charge in [-0.15, -0.1) is 10.2 Å². The Kier molecular flexibility index (Phi) is 7.23. The van der Waals surface area contributed by atoms with Crippen molar-refractivity contribution in [1.82, 2.24) is 25.3 Å². The lowest BCUT2D eigenvalue weighted by Crippen LogP contribution is -2.37. The summed E-state index contributed by atoms with van der Waals surface area (Å²) in [7, 11) is -8.70. The van der Waals surface area contributed by atoms with Gasteiger partial charge in [0.2, 0.25) is 25.9 Å². The number of nitrogens with zero attached hydrogens (tertiary/aromatic N) is 4. The number of H-pyrrole nitrogens is 1. The molecule has 1 aromatic carbocycles. The van der Waals surface area contributed by atoms with Crippen LogP contribution in [0.4, 0.5) is 5.69 Å². The van der Waals surface area contributed by atoms with Crippen molar-refractivity contribution in [3.63, 3.8) is 0 Å². The van der Waals surface area contributed by atoms with Gasteiger partial charge >= 0.3 is 0 Å². The molecule has 1 fully saturated rings. The Morgan fingerprint density at radius 1 is 1.16 bits per heavy atom. The van der Waals surface area contributed by atoms with Crippen molar-refractivity contribution < 1.29 is 16.8 Å². The maximum Gasteiger partial charge on any atom is 0.241 e. The highest BCUT2D eigenvalue weighted by atomic mass is 32.2. The lowest BCUT2D eigenvalue weighted by atomic mass is 9.96. The first-order valence-corrected chi connectivity index (χ1v) is 12.8. The minimum atomic E-state index is -4.49. The lowest BCUT2D eigenvalue weighted by molar-refractivity contribution is 0.414. The molecule has 8 N–H and O–H groups in total. The van der Waals surface area contributed by atoms with Crippen LogP contribution in [-0.2, 0) is 20.0 Å². The van der Waals surface area contributed by atoms with Gasteiger partial charge in [-0.1, -0.05) is 0 Å². The van der Waals surface area contributed by atoms with Crippen LogP contribution in [0.25, 0.3) is 11.4 Å². The second kappa shape index (κ2) is 9.54. The molecule has 0 saturated carbocycles. The number of hydrogen-bond acceptors (Lipinski definition) is 10. The van der Waals surface area contributed by atoms with Crippen molar-refractivity contribution in [2.24, 2.45) is 22.5 Å². The fourth-order valence-corrected chi connectivity index (χ4v) is 6.26. The van der Waals surface area contributed by atoms with Gasteiger partial charge in [0, 0.05) is 25.3 Å². The number of anilines is 1. The van der Waals surface area contributed by atoms with E-state index < -0.39 is 29.8 Å². The number of tetrazole rings is 1. The molecule has 31 heavy (non-hydrogen) atoms. The summed E-state index contributed by atoms with van der Waals surface area (Å²) in [5.41, 5.74) is 11.6. The molecule has 172 valence electrons. The van der Waals surface area contributed by atoms with Gasteiger partial charge in [0.15, 0.2) is 0 Å². The summed E-state index contributed by atoms with van der Waals surface area (Å²) >= 11 is 0. The Bertz CT molecular complexity index is 1100. The quantitative estimate of drug-likeness (QED) is 0.260. The minimum Gasteiger partial charge on any atom is -0.371 e. The van der Waals surface area contributed by atoms with E-state index >= 15 is 0 Å². The van der Waals surface area contributed by atoms with Crippen molar-refractivity contribution in [2.45, 2.75) is 29.1 Å². The molecule has 0 spiro atoms. The van der Waals surface area contributed by atoms with Crippen LogP contribution in [0.15, 0.2) is 21.9 Å². The second-order valence-corrected chi connectivity index (χ2v) is 10.5. The van der Waals surface area contributed by atoms with E-state index in [1.807, 2.05) is 4.90 Å². The van der Waals surface area contributed by atoms with Gasteiger partial charge < -0.3 is 16.4 Å². The first-order valence-electron chi connectivity index (χ1n) is 9.77. The first kappa shape index (κ1) is 23.5. The highest BCUT2D eigenvalue weighted by Gasteiger charge is 2.33. The Hall–Kier alpha value is -2.17. The van der Waals surface area contributed by atoms with Crippen molar-refractivity contribution in [3.05, 3.63) is 12.1 Å². The van der Waals surface area contributed by atoms with Gasteiger partial charge in [-0.3, -0.25) is 0 Å². The van der Waals surface area contributed by atoms with Crippen molar-refractivity contribution in [3.8, 4) is 11.4 Å². The fraction of sp³-hybridized carbons (Fsp3) is 0.562. The van der Waals surface area contributed by atoms with E-state index in [0.717, 1.165) is 12.8 Å². The number of benzene rings is 1. The molecule has 0 amide bonds. The molecule has 2 heterocycles. The monoisotopic (exact) mass is 473 g/mol. The molecule has 0 bridgehead atoms. The number of nitrogens with one attached hydrogen (secondary N) is 2. The van der Waals surface area contributed by atoms with Gasteiger partial charge in [0.05, 0.1) is 5.56 Å². The standard InChI is InChI=1S/C16H27N9O4S2/c17-6-1-7-20-31(28,29)13-3-2-12(25-8-4-11(10-18)5-9-25)14(15(13)30(19,26)27)16-21-23-24-22-16/h2-3,11,20H,1,4-10,17-18H2,(H2,19,26,27)(H,21,22,23,24). The summed E-state index contributed by atoms with van der Waals surface area (Å²) in [6.07, 6.45) is 2.01. The maximum atomic E-state index is 12.9. The normalized spacial score (nSPS) is 16.0. The summed E-state index contributed by atoms with van der Waals surface area (Å²) in [5, 5.41) is 19.1. The average Bonchev–Trinajstić information content (AvgIpc) is 3.27. The van der Waals surface area contributed by atoms with Crippen LogP contribution in [0.1, 0.15) is 19.3 Å². The van der Waals surface area contributed by atoms with E-state index in [2.05, 4.69) is 25.3 Å². The molecule has 2 aromatic rings. The molecule has 3 rings (SSSR count). The van der Waals surface area contributed by atoms with E-state index in [-0.39, 0.29) is 24.5 Å². The van der Waals surface area contributed by atoms with Gasteiger partial charge in [0.1, 0.15) is 9.79 Å². The predicted octanol–water partition coefficient (Wildman–Crippen LogP) is -1.68. The number of aromatic amines is 1. The number of piperidine rings is 1. The van der Waals surface area contributed by atoms with E-state index in [0.29, 0.717) is 37.7 Å². The molecule has 0 atom stereocenters. The van der Waals surface area contributed by atoms with Crippen molar-refractivity contribution >= 4 is 25.7 Å². The number of aromatic nitrogens is 4. The first-order chi connectivity index (χ1) is 14.7. The molecule has 0 aliphatic carbocycles. The third-order valence-electron chi connectivity index (χ3n) is 5.20. The lowest BCUT2D eigenvalue weighted by Gasteiger charge is -2.34. The van der Waals surface area contributed by atoms with Crippen LogP contribution in [0.5, 0.6) is 0 Å². The summed E-state index contributed by atoms with van der Waals surface area (Å²) in [4.78, 5) is 0.894. The number of sulfonamides is 2. The number of rotatable bonds is 9. The zero-order valence-corrected chi connectivity index (χ0v) is 18.5. The zero-order valence-electron chi connectivity index (χ0n) is 16.9. The molecular weight excluding hydrogens is 446 g/mol. The second-order valence-electron chi connectivity index (χ2n) is 7.27. The summed E-state index contributed by atoms with van der Waals surface area (Å²) in [6.45, 7) is 2.11. The molecule has 0 radical (unpaired) electrons. The third kappa shape index (κ3) is 5.19. The molecule has 1 aliphatic heterocycles. The summed E-state index contributed by atoms with van der Waals surface area (Å²) in [5.74, 6) is 0.299. The molecule has 13 nitrogen and oxygen atoms in total. The van der Waals surface area contributed by atoms with Gasteiger partial charge in [0.25, 0.3) is 0 Å². The molecular formula is C16H27N9O4S2. The predicted molar refractivity (Wildman–Crippen MR) is 114 cm³/mol. The Morgan fingerprint density at radius 2 is 1.87 bits per heavy atom. The number of primary sulfonamides is 1. The number of nitrogens with two attached hydrogens (primary N) is 3. The largest absolute Gasteiger partial charge is 0.371 e. The number of hydrogen-bond donors (Lipinski definition) is 5. The Balaban J connectivity index is 2.19. The van der Waals surface area contributed by atoms with E-state index in [1.165, 1.54) is 6.07 Å². The highest BCUT2D eigenvalue weighted by molar-refractivity contribution is 7.92. The third-order valence-corrected chi connectivity index (χ3v) is 7.83. The minimum absolute atomic E-state index is 0.0100. The molecule has 0 unspecified atom stereocenters. The smallest absolute Gasteiger partial charge is 0.241 e. The summed E-state index contributed by atoms with van der Waals surface area (Å²) in [6, 6.07) is 2.78. The topological polar surface area (TPSA) is 216 Å². The summed E-state index contributed by atoms with van der Waals surface area (Å²) < 4.78 is 53.4. The van der Waals surface area contributed by atoms with Crippen LogP contribution in [0.3, 0.4) is 0 Å². The van der Waals surface area contributed by atoms with Crippen molar-refractivity contribution in [1.29, 1.82) is 0 Å². The zero-order chi connectivity index (χ0) is 22.6. The maximum absolute atomic E-state index is 12.9. The van der Waals surface area contributed by atoms with E-state index in [9.17, 15) is 16.8 Å². The van der Waals surface area contributed by atoms with Crippen LogP contribution < -0.4 is 26.2 Å². The highest BCUT2D eigenvalue weighted by Crippen LogP contribution is 2.39.